The van der Waals surface area contributed by atoms with Crippen LogP contribution in [0.3, 0.4) is 0 Å². The van der Waals surface area contributed by atoms with Gasteiger partial charge in [-0.3, -0.25) is 4.79 Å². The quantitative estimate of drug-likeness (QED) is 0.661. The van der Waals surface area contributed by atoms with Gasteiger partial charge in [0.15, 0.2) is 6.04 Å². The summed E-state index contributed by atoms with van der Waals surface area (Å²) < 4.78 is 5.48. The largest absolute Gasteiger partial charge is 0.460 e. The summed E-state index contributed by atoms with van der Waals surface area (Å²) in [4.78, 5) is 27.6. The van der Waals surface area contributed by atoms with Crippen LogP contribution < -0.4 is 10.6 Å². The van der Waals surface area contributed by atoms with Gasteiger partial charge in [-0.15, -0.1) is 0 Å². The maximum atomic E-state index is 13.4. The predicted octanol–water partition coefficient (Wildman–Crippen LogP) is 2.43. The van der Waals surface area contributed by atoms with E-state index in [1.165, 1.54) is 12.8 Å². The van der Waals surface area contributed by atoms with Crippen molar-refractivity contribution in [2.24, 2.45) is 11.7 Å². The van der Waals surface area contributed by atoms with E-state index in [1.807, 2.05) is 18.2 Å². The number of hydrogen-bond donors (Lipinski definition) is 2. The topological polar surface area (TPSA) is 96.8 Å². The van der Waals surface area contributed by atoms with E-state index in [0.717, 1.165) is 23.5 Å². The van der Waals surface area contributed by atoms with Crippen LogP contribution in [-0.4, -0.2) is 60.7 Å². The Morgan fingerprint density at radius 3 is 2.48 bits per heavy atom. The van der Waals surface area contributed by atoms with E-state index in [9.17, 15) is 14.7 Å². The number of hydrogen-bond acceptors (Lipinski definition) is 5. The molecule has 1 aliphatic carbocycles. The molecule has 1 heterocycles. The zero-order valence-corrected chi connectivity index (χ0v) is 17.9. The van der Waals surface area contributed by atoms with Crippen LogP contribution in [0, 0.1) is 12.8 Å². The Morgan fingerprint density at radius 2 is 1.97 bits per heavy atom. The van der Waals surface area contributed by atoms with E-state index in [4.69, 9.17) is 10.2 Å². The van der Waals surface area contributed by atoms with Crippen LogP contribution in [0.15, 0.2) is 22.6 Å². The molecule has 0 bridgehead atoms. The molecule has 7 nitrogen and oxygen atoms in total. The highest BCUT2D eigenvalue weighted by atomic mass is 16.3. The number of rotatable bonds is 8. The van der Waals surface area contributed by atoms with Crippen molar-refractivity contribution < 1.29 is 23.6 Å². The van der Waals surface area contributed by atoms with Crippen molar-refractivity contribution in [3.8, 4) is 0 Å². The average Bonchev–Trinajstić information content (AvgIpc) is 3.39. The fraction of sp³-hybridized carbons (Fsp3) is 0.545. The minimum Gasteiger partial charge on any atom is -0.460 e. The highest BCUT2D eigenvalue weighted by Crippen LogP contribution is 2.35. The Labute approximate surface area is 171 Å². The van der Waals surface area contributed by atoms with Gasteiger partial charge >= 0.3 is 5.91 Å². The van der Waals surface area contributed by atoms with Crippen molar-refractivity contribution in [2.45, 2.75) is 45.7 Å². The molecular weight excluding hydrogens is 370 g/mol. The smallest absolute Gasteiger partial charge is 0.350 e. The van der Waals surface area contributed by atoms with Gasteiger partial charge in [-0.25, -0.2) is 9.28 Å². The Kier molecular flexibility index (Phi) is 5.74. The highest BCUT2D eigenvalue weighted by Gasteiger charge is 2.42. The second kappa shape index (κ2) is 7.80. The van der Waals surface area contributed by atoms with Crippen LogP contribution in [0.25, 0.3) is 11.0 Å². The lowest BCUT2D eigenvalue weighted by Gasteiger charge is -2.32. The van der Waals surface area contributed by atoms with E-state index < -0.39 is 18.6 Å². The summed E-state index contributed by atoms with van der Waals surface area (Å²) in [5.41, 5.74) is 7.54. The Bertz CT molecular complexity index is 928. The van der Waals surface area contributed by atoms with Gasteiger partial charge in [0.25, 0.3) is 5.91 Å². The van der Waals surface area contributed by atoms with Crippen LogP contribution in [0.4, 0.5) is 5.69 Å². The molecule has 1 aliphatic rings. The van der Waals surface area contributed by atoms with Crippen molar-refractivity contribution >= 4 is 28.5 Å². The second-order valence-electron chi connectivity index (χ2n) is 8.85. The van der Waals surface area contributed by atoms with Crippen molar-refractivity contribution in [3.05, 3.63) is 29.5 Å². The lowest BCUT2D eigenvalue weighted by molar-refractivity contribution is -0.825. The van der Waals surface area contributed by atoms with Gasteiger partial charge in [-0.05, 0) is 57.7 Å². The Balaban J connectivity index is 2.06. The summed E-state index contributed by atoms with van der Waals surface area (Å²) in [6.07, 6.45) is 2.53. The maximum Gasteiger partial charge on any atom is 0.350 e. The lowest BCUT2D eigenvalue weighted by Crippen LogP contribution is -2.60. The maximum absolute atomic E-state index is 13.4. The van der Waals surface area contributed by atoms with Gasteiger partial charge in [-0.1, -0.05) is 0 Å². The first-order chi connectivity index (χ1) is 13.6. The zero-order chi connectivity index (χ0) is 21.5. The van der Waals surface area contributed by atoms with Gasteiger partial charge in [0.05, 0.1) is 14.1 Å². The van der Waals surface area contributed by atoms with E-state index in [2.05, 4.69) is 18.7 Å². The SMILES string of the molecule is Cc1oc2ccc(N(CC3CC3)C(C)C)cc2c1C(=O)[N+](C)(C)C(CO)C(N)=O. The van der Waals surface area contributed by atoms with E-state index in [0.29, 0.717) is 22.9 Å². The molecule has 0 saturated heterocycles. The molecule has 0 spiro atoms. The lowest BCUT2D eigenvalue weighted by atomic mass is 10.1. The first kappa shape index (κ1) is 21.3. The van der Waals surface area contributed by atoms with Gasteiger partial charge in [-0.2, -0.15) is 0 Å². The van der Waals surface area contributed by atoms with Crippen LogP contribution >= 0.6 is 0 Å². The fourth-order valence-electron chi connectivity index (χ4n) is 3.89. The van der Waals surface area contributed by atoms with E-state index in [-0.39, 0.29) is 10.4 Å². The number of carbonyl (C=O) groups excluding carboxylic acids is 2. The second-order valence-corrected chi connectivity index (χ2v) is 8.85. The molecule has 1 fully saturated rings. The van der Waals surface area contributed by atoms with Gasteiger partial charge in [0.1, 0.15) is 23.5 Å². The molecule has 1 saturated carbocycles. The van der Waals surface area contributed by atoms with Gasteiger partial charge in [0.2, 0.25) is 0 Å². The molecule has 0 radical (unpaired) electrons. The molecule has 3 N–H and O–H groups in total. The van der Waals surface area contributed by atoms with Crippen molar-refractivity contribution in [2.75, 3.05) is 32.1 Å². The first-order valence-electron chi connectivity index (χ1n) is 10.2. The number of nitrogens with zero attached hydrogens (tertiary/aromatic N) is 2. The summed E-state index contributed by atoms with van der Waals surface area (Å²) in [5.74, 6) is 0.200. The third-order valence-corrected chi connectivity index (χ3v) is 5.97. The molecule has 1 unspecified atom stereocenters. The molecule has 2 amide bonds. The number of aliphatic hydroxyl groups excluding tert-OH is 1. The summed E-state index contributed by atoms with van der Waals surface area (Å²) in [7, 11) is 3.17. The molecule has 158 valence electrons. The molecule has 0 aliphatic heterocycles. The number of fused-ring (bicyclic) bond motifs is 1. The molecule has 3 rings (SSSR count). The highest BCUT2D eigenvalue weighted by molar-refractivity contribution is 6.05. The number of nitrogens with two attached hydrogens (primary N) is 1. The van der Waals surface area contributed by atoms with E-state index >= 15 is 0 Å². The number of anilines is 1. The summed E-state index contributed by atoms with van der Waals surface area (Å²) in [6.45, 7) is 6.57. The minimum atomic E-state index is -1.03. The number of primary amides is 1. The Morgan fingerprint density at radius 1 is 1.31 bits per heavy atom. The number of quaternary nitrogens is 1. The molecule has 1 aromatic carbocycles. The Hall–Kier alpha value is -2.38. The van der Waals surface area contributed by atoms with Crippen LogP contribution in [0.2, 0.25) is 0 Å². The van der Waals surface area contributed by atoms with Crippen molar-refractivity contribution in [1.82, 2.24) is 0 Å². The van der Waals surface area contributed by atoms with Gasteiger partial charge < -0.3 is 20.2 Å². The van der Waals surface area contributed by atoms with Crippen molar-refractivity contribution in [1.29, 1.82) is 0 Å². The summed E-state index contributed by atoms with van der Waals surface area (Å²) in [6, 6.07) is 5.23. The minimum absolute atomic E-state index is 0.311. The monoisotopic (exact) mass is 402 g/mol. The van der Waals surface area contributed by atoms with E-state index in [1.54, 1.807) is 21.0 Å². The fourth-order valence-corrected chi connectivity index (χ4v) is 3.89. The molecule has 2 aromatic rings. The summed E-state index contributed by atoms with van der Waals surface area (Å²) >= 11 is 0. The molecule has 1 aromatic heterocycles. The third-order valence-electron chi connectivity index (χ3n) is 5.97. The first-order valence-corrected chi connectivity index (χ1v) is 10.2. The summed E-state index contributed by atoms with van der Waals surface area (Å²) in [5, 5.41) is 10.4. The number of amides is 2. The normalized spacial score (nSPS) is 15.7. The van der Waals surface area contributed by atoms with Crippen LogP contribution in [-0.2, 0) is 4.79 Å². The van der Waals surface area contributed by atoms with Gasteiger partial charge in [0, 0.05) is 23.7 Å². The number of likely N-dealkylation sites (N-methyl/N-ethyl adjacent to an activating group) is 1. The number of benzene rings is 1. The predicted molar refractivity (Wildman–Crippen MR) is 113 cm³/mol. The van der Waals surface area contributed by atoms with Crippen LogP contribution in [0.5, 0.6) is 0 Å². The molecular formula is C22H32N3O4+. The molecule has 29 heavy (non-hydrogen) atoms. The zero-order valence-electron chi connectivity index (χ0n) is 17.9. The van der Waals surface area contributed by atoms with Crippen LogP contribution in [0.1, 0.15) is 42.8 Å². The number of carbonyl (C=O) groups is 2. The standard InChI is InChI=1S/C22H31N3O4/c1-13(2)24(11-15-6-7-15)16-8-9-19-17(10-16)20(14(3)29-19)22(28)25(4,5)18(12-26)21(23)27/h8-10,13,15,18,26H,6-7,11-12H2,1-5H3,(H-,23,27)/p+1. The number of aliphatic hydroxyl groups is 1. The van der Waals surface area contributed by atoms with Crippen molar-refractivity contribution in [3.63, 3.8) is 0 Å². The molecule has 7 heteroatoms. The third kappa shape index (κ3) is 4.02. The average molecular weight is 403 g/mol. The number of furan rings is 1. The molecule has 1 atom stereocenters. The number of aryl methyl sites for hydroxylation is 1.